The number of ether oxygens (including phenoxy) is 1. The van der Waals surface area contributed by atoms with E-state index in [-0.39, 0.29) is 12.0 Å². The number of carbonyl (C=O) groups is 1. The molecule has 2 rings (SSSR count). The van der Waals surface area contributed by atoms with Crippen molar-refractivity contribution < 1.29 is 61.1 Å². The van der Waals surface area contributed by atoms with Gasteiger partial charge >= 0.3 is 29.2 Å². The van der Waals surface area contributed by atoms with Gasteiger partial charge < -0.3 is 40.5 Å². The van der Waals surface area contributed by atoms with Crippen molar-refractivity contribution in [2.24, 2.45) is 5.73 Å². The molecule has 0 radical (unpaired) electrons. The van der Waals surface area contributed by atoms with Crippen LogP contribution in [0.2, 0.25) is 0 Å². The Bertz CT molecular complexity index is 1310. The van der Waals surface area contributed by atoms with Crippen LogP contribution in [0.5, 0.6) is 0 Å². The summed E-state index contributed by atoms with van der Waals surface area (Å²) in [5.41, 5.74) is 3.57. The molecule has 0 bridgehead atoms. The molecular weight excluding hydrogens is 605 g/mol. The van der Waals surface area contributed by atoms with Crippen molar-refractivity contribution in [2.75, 3.05) is 19.7 Å². The van der Waals surface area contributed by atoms with Crippen LogP contribution in [-0.4, -0.2) is 72.0 Å². The summed E-state index contributed by atoms with van der Waals surface area (Å²) in [5, 5.41) is 12.9. The Morgan fingerprint density at radius 3 is 2.45 bits per heavy atom. The molecule has 0 aliphatic carbocycles. The molecule has 1 aromatic heterocycles. The maximum absolute atomic E-state index is 12.3. The van der Waals surface area contributed by atoms with Crippen molar-refractivity contribution in [1.29, 1.82) is 0 Å². The fourth-order valence-corrected chi connectivity index (χ4v) is 6.43. The summed E-state index contributed by atoms with van der Waals surface area (Å²) < 4.78 is 51.9. The highest BCUT2D eigenvalue weighted by Gasteiger charge is 2.43. The summed E-state index contributed by atoms with van der Waals surface area (Å²) in [4.78, 5) is 74.4. The van der Waals surface area contributed by atoms with E-state index in [1.807, 2.05) is 4.98 Å². The van der Waals surface area contributed by atoms with E-state index in [1.54, 1.807) is 0 Å². The predicted molar refractivity (Wildman–Crippen MR) is 135 cm³/mol. The van der Waals surface area contributed by atoms with Gasteiger partial charge in [0, 0.05) is 25.2 Å². The molecule has 5 atom stereocenters. The Balaban J connectivity index is 2.00. The molecule has 22 heteroatoms. The molecule has 19 nitrogen and oxygen atoms in total. The minimum atomic E-state index is -5.74. The molecular formula is C18H31N4O15P3. The quantitative estimate of drug-likeness (QED) is 0.0624. The zero-order valence-electron chi connectivity index (χ0n) is 20.8. The van der Waals surface area contributed by atoms with Crippen molar-refractivity contribution in [3.8, 4) is 0 Å². The number of unbranched alkanes of at least 4 members (excludes halogenated alkanes) is 3. The van der Waals surface area contributed by atoms with Crippen LogP contribution in [-0.2, 0) is 36.4 Å². The van der Waals surface area contributed by atoms with Crippen LogP contribution in [0.15, 0.2) is 21.9 Å². The van der Waals surface area contributed by atoms with E-state index < -0.39 is 65.7 Å². The summed E-state index contributed by atoms with van der Waals surface area (Å²) in [6.45, 7) is 0.0666. The second-order valence-electron chi connectivity index (χ2n) is 8.40. The first-order chi connectivity index (χ1) is 18.5. The molecule has 2 unspecified atom stereocenters. The first-order valence-electron chi connectivity index (χ1n) is 11.7. The summed E-state index contributed by atoms with van der Waals surface area (Å²) in [6.07, 6.45) is 2.49. The highest BCUT2D eigenvalue weighted by atomic mass is 31.3. The number of phosphoric ester groups is 1. The van der Waals surface area contributed by atoms with Crippen molar-refractivity contribution in [3.05, 3.63) is 38.7 Å². The Labute approximate surface area is 226 Å². The first kappa shape index (κ1) is 34.4. The average Bonchev–Trinajstić information content (AvgIpc) is 3.17. The van der Waals surface area contributed by atoms with Crippen molar-refractivity contribution in [2.45, 2.75) is 50.5 Å². The van der Waals surface area contributed by atoms with Gasteiger partial charge in [-0.25, -0.2) is 18.5 Å². The Hall–Kier alpha value is -1.82. The average molecular weight is 636 g/mol. The number of carbonyl (C=O) groups excluding carboxylic acids is 1. The number of hydrogen-bond acceptors (Lipinski definition) is 12. The largest absolute Gasteiger partial charge is 0.490 e. The smallest absolute Gasteiger partial charge is 0.390 e. The fraction of sp³-hybridized carbons (Fsp3) is 0.611. The third-order valence-corrected chi connectivity index (χ3v) is 8.97. The highest BCUT2D eigenvalue weighted by Crippen LogP contribution is 2.66. The van der Waals surface area contributed by atoms with E-state index >= 15 is 0 Å². The zero-order valence-corrected chi connectivity index (χ0v) is 23.5. The Morgan fingerprint density at radius 1 is 1.12 bits per heavy atom. The van der Waals surface area contributed by atoms with Crippen LogP contribution >= 0.6 is 23.5 Å². The third-order valence-electron chi connectivity index (χ3n) is 5.17. The molecule has 1 fully saturated rings. The van der Waals surface area contributed by atoms with Gasteiger partial charge in [0.15, 0.2) is 0 Å². The third kappa shape index (κ3) is 12.0. The van der Waals surface area contributed by atoms with Crippen LogP contribution in [0.25, 0.3) is 6.08 Å². The minimum absolute atomic E-state index is 0.104. The van der Waals surface area contributed by atoms with Gasteiger partial charge in [-0.2, -0.15) is 8.62 Å². The van der Waals surface area contributed by atoms with Gasteiger partial charge in [0.2, 0.25) is 5.91 Å². The number of phosphoric acid groups is 3. The van der Waals surface area contributed by atoms with Gasteiger partial charge in [-0.3, -0.25) is 23.7 Å². The molecule has 0 spiro atoms. The van der Waals surface area contributed by atoms with Crippen molar-refractivity contribution in [3.63, 3.8) is 0 Å². The summed E-state index contributed by atoms with van der Waals surface area (Å²) in [6, 6.07) is 0. The molecule has 0 aromatic carbocycles. The number of aromatic amines is 1. The van der Waals surface area contributed by atoms with Crippen LogP contribution in [0, 0.1) is 0 Å². The number of nitrogens with one attached hydrogen (secondary N) is 2. The Morgan fingerprint density at radius 2 is 1.80 bits per heavy atom. The number of H-pyrrole nitrogens is 1. The number of aromatic nitrogens is 2. The lowest BCUT2D eigenvalue weighted by atomic mass is 10.2. The lowest BCUT2D eigenvalue weighted by molar-refractivity contribution is -0.116. The predicted octanol–water partition coefficient (Wildman–Crippen LogP) is -0.823. The van der Waals surface area contributed by atoms with Gasteiger partial charge in [-0.1, -0.05) is 12.8 Å². The lowest BCUT2D eigenvalue weighted by Crippen LogP contribution is -2.33. The van der Waals surface area contributed by atoms with E-state index in [9.17, 15) is 43.0 Å². The van der Waals surface area contributed by atoms with Crippen LogP contribution in [0.3, 0.4) is 0 Å². The zero-order chi connectivity index (χ0) is 30.1. The fourth-order valence-electron chi connectivity index (χ4n) is 3.40. The molecule has 2 heterocycles. The molecule has 0 saturated carbocycles. The van der Waals surface area contributed by atoms with Gasteiger partial charge in [0.25, 0.3) is 5.56 Å². The van der Waals surface area contributed by atoms with Gasteiger partial charge in [0.1, 0.15) is 12.3 Å². The van der Waals surface area contributed by atoms with E-state index in [0.29, 0.717) is 13.1 Å². The normalized spacial score (nSPS) is 22.7. The summed E-state index contributed by atoms with van der Waals surface area (Å²) >= 11 is 0. The van der Waals surface area contributed by atoms with E-state index in [4.69, 9.17) is 20.3 Å². The van der Waals surface area contributed by atoms with Gasteiger partial charge in [-0.15, -0.1) is 0 Å². The summed E-state index contributed by atoms with van der Waals surface area (Å²) in [7, 11) is -16.8. The van der Waals surface area contributed by atoms with Crippen LogP contribution < -0.4 is 22.3 Å². The van der Waals surface area contributed by atoms with Gasteiger partial charge in [0.05, 0.1) is 18.3 Å². The van der Waals surface area contributed by atoms with E-state index in [0.717, 1.165) is 48.6 Å². The standard InChI is InChI=1S/C18H31N4O15P3/c19-7-3-1-2-4-8-20-15(24)6-5-12-10-22(18(26)21-17(12)25)16-9-13(23)14(35-16)11-34-39(30,31)37-40(32,33)36-38(27,28)29/h5-6,10,13-14,16,23H,1-4,7-9,11,19H2,(H,20,24)(H,30,31)(H,32,33)(H,21,25,26)(H2,27,28,29)/b6-5+/t13-,14+,16+/m1/s1. The monoisotopic (exact) mass is 636 g/mol. The van der Waals surface area contributed by atoms with E-state index in [1.165, 1.54) is 0 Å². The van der Waals surface area contributed by atoms with Crippen molar-refractivity contribution >= 4 is 35.5 Å². The van der Waals surface area contributed by atoms with Crippen molar-refractivity contribution in [1.82, 2.24) is 14.9 Å². The number of aliphatic hydroxyl groups is 1. The maximum Gasteiger partial charge on any atom is 0.490 e. The number of rotatable bonds is 16. The molecule has 1 aromatic rings. The molecule has 1 aliphatic heterocycles. The van der Waals surface area contributed by atoms with Gasteiger partial charge in [-0.05, 0) is 25.5 Å². The molecule has 1 saturated heterocycles. The second kappa shape index (κ2) is 14.9. The minimum Gasteiger partial charge on any atom is -0.390 e. The maximum atomic E-state index is 12.3. The van der Waals surface area contributed by atoms with E-state index in [2.05, 4.69) is 18.5 Å². The number of nitrogens with zero attached hydrogens (tertiary/aromatic N) is 1. The molecule has 1 amide bonds. The number of hydrogen-bond donors (Lipinski definition) is 8. The lowest BCUT2D eigenvalue weighted by Gasteiger charge is -2.19. The second-order valence-corrected chi connectivity index (χ2v) is 12.8. The SMILES string of the molecule is NCCCCCCNC(=O)/C=C/c1cn([C@@H]2C[C@@H](O)[C@H](COP(=O)(O)OP(=O)(O)OP(=O)(O)O)O2)c(=O)[nH]c1=O. The highest BCUT2D eigenvalue weighted by molar-refractivity contribution is 7.66. The molecule has 9 N–H and O–H groups in total. The summed E-state index contributed by atoms with van der Waals surface area (Å²) in [5.74, 6) is -0.477. The Kier molecular flexibility index (Phi) is 12.8. The topological polar surface area (TPSA) is 299 Å². The van der Waals surface area contributed by atoms with Crippen LogP contribution in [0.1, 0.15) is 43.9 Å². The molecule has 1 aliphatic rings. The molecule has 40 heavy (non-hydrogen) atoms. The number of nitrogens with two attached hydrogens (primary N) is 1. The first-order valence-corrected chi connectivity index (χ1v) is 16.2. The number of amides is 1. The number of aliphatic hydroxyl groups excluding tert-OH is 1. The van der Waals surface area contributed by atoms with Crippen LogP contribution in [0.4, 0.5) is 0 Å². The molecule has 228 valence electrons.